The molecule has 1 fully saturated rings. The van der Waals surface area contributed by atoms with Gasteiger partial charge in [-0.1, -0.05) is 38.3 Å². The zero-order valence-corrected chi connectivity index (χ0v) is 59.6. The molecule has 1 aliphatic carbocycles. The van der Waals surface area contributed by atoms with Crippen molar-refractivity contribution in [3.63, 3.8) is 0 Å². The van der Waals surface area contributed by atoms with E-state index in [1.807, 2.05) is 77.0 Å². The second kappa shape index (κ2) is 34.8. The van der Waals surface area contributed by atoms with Crippen LogP contribution in [-0.2, 0) is 0 Å². The third-order valence-corrected chi connectivity index (χ3v) is 17.5. The van der Waals surface area contributed by atoms with Gasteiger partial charge in [0.1, 0.15) is 5.82 Å². The number of imidazole rings is 1. The number of nitrogen functional groups attached to an aromatic ring is 1. The summed E-state index contributed by atoms with van der Waals surface area (Å²) in [5.41, 5.74) is 27.7. The van der Waals surface area contributed by atoms with Crippen LogP contribution in [0.25, 0.3) is 0 Å². The minimum absolute atomic E-state index is 0.0908. The van der Waals surface area contributed by atoms with Crippen LogP contribution in [0.5, 0.6) is 0 Å². The highest BCUT2D eigenvalue weighted by molar-refractivity contribution is 5.41. The molecular weight excluding hydrogens is 1050 g/mol. The Morgan fingerprint density at radius 2 is 1.09 bits per heavy atom. The Bertz CT molecular complexity index is 2910. The lowest BCUT2D eigenvalue weighted by atomic mass is 10.1. The molecule has 6 aromatic rings. The number of allylic oxidation sites excluding steroid dienone is 3. The number of hydrogen-bond donors (Lipinski definition) is 3. The molecule has 0 saturated heterocycles. The molecule has 14 heteroatoms. The van der Waals surface area contributed by atoms with Crippen LogP contribution >= 0.6 is 0 Å². The van der Waals surface area contributed by atoms with Crippen molar-refractivity contribution >= 4 is 5.82 Å². The molecule has 1 saturated carbocycles. The van der Waals surface area contributed by atoms with Crippen molar-refractivity contribution in [1.82, 2.24) is 58.3 Å². The second-order valence-corrected chi connectivity index (χ2v) is 26.0. The predicted octanol–water partition coefficient (Wildman–Crippen LogP) is 17.7. The number of rotatable bonds is 8. The van der Waals surface area contributed by atoms with Crippen molar-refractivity contribution < 1.29 is 0 Å². The molecule has 0 bridgehead atoms. The first-order valence-corrected chi connectivity index (χ1v) is 31.9. The number of aryl methyl sites for hydroxylation is 5. The maximum atomic E-state index is 11.4. The van der Waals surface area contributed by atoms with Gasteiger partial charge < -0.3 is 39.1 Å². The first-order valence-electron chi connectivity index (χ1n) is 31.9. The van der Waals surface area contributed by atoms with Crippen LogP contribution in [0.1, 0.15) is 266 Å². The van der Waals surface area contributed by atoms with Gasteiger partial charge in [-0.3, -0.25) is 14.6 Å². The quantitative estimate of drug-likeness (QED) is 0.137. The van der Waals surface area contributed by atoms with Gasteiger partial charge >= 0.3 is 0 Å². The second-order valence-electron chi connectivity index (χ2n) is 26.0. The SMILES string of the molecule is CC1=C(C)N(C(C)C)CC1.CC1=C(C)N(C(C)C)CN1.Cc1[nH]nc(C(C)C)c1C.Cc1c(N)nn(C(C)C)c1C.Cc1ccc(=O)n(C(C)C)c1C.Cc1ccn(C(C)C)c1C.Cc1ccn(C2CCCC2)c1C.Cc1ncn(C(C)C)c1C. The fourth-order valence-electron chi connectivity index (χ4n) is 10.8. The van der Waals surface area contributed by atoms with Crippen molar-refractivity contribution in [2.45, 2.75) is 288 Å². The number of H-pyrrole nitrogens is 1. The molecule has 0 unspecified atom stereocenters. The van der Waals surface area contributed by atoms with E-state index < -0.39 is 0 Å². The molecule has 9 rings (SSSR count). The molecule has 2 aliphatic heterocycles. The molecule has 3 aliphatic rings. The summed E-state index contributed by atoms with van der Waals surface area (Å²) in [4.78, 5) is 20.4. The van der Waals surface area contributed by atoms with Gasteiger partial charge in [0.25, 0.3) is 5.56 Å². The number of aromatic nitrogens is 9. The van der Waals surface area contributed by atoms with Crippen LogP contribution in [0.2, 0.25) is 0 Å². The molecule has 0 atom stereocenters. The zero-order chi connectivity index (χ0) is 65.1. The van der Waals surface area contributed by atoms with Crippen LogP contribution < -0.4 is 16.6 Å². The Labute approximate surface area is 518 Å². The van der Waals surface area contributed by atoms with Gasteiger partial charge in [-0.15, -0.1) is 0 Å². The predicted molar refractivity (Wildman–Crippen MR) is 365 cm³/mol. The number of anilines is 1. The van der Waals surface area contributed by atoms with Crippen LogP contribution in [0, 0.1) is 83.1 Å². The largest absolute Gasteiger partial charge is 0.382 e. The summed E-state index contributed by atoms with van der Waals surface area (Å²) in [7, 11) is 0. The van der Waals surface area contributed by atoms with Crippen molar-refractivity contribution in [2.24, 2.45) is 0 Å². The van der Waals surface area contributed by atoms with Crippen LogP contribution in [0.4, 0.5) is 5.82 Å². The molecule has 8 heterocycles. The standard InChI is InChI=1S/C11H17N.C10H15NO.C9H17N.C9H15N.C8H15N3.C8H16N2.2C8H14N2/c1-9-7-8-12(10(9)2)11-5-3-4-6-11;1-7(2)11-9(4)8(3)5-6-10(11)12;2*1-7(2)10-6-5-8(3)9(10)4;1-5(2)11-7(4)6(3)8(9)10-11;2*1-6(2)10-5-9-7(3)8(10)4;1-5(2)8-6(3)7(4)9-10-8/h7-8,11H,3-6H2,1-2H3;5-7H,1-4H3;7H,5-6H2,1-4H3;5-7H,1-4H3;5H,1-4H3,(H2,9,10);6,9H,5H2,1-4H3;5-6H,1-4H3;5H,1-4H3,(H,9,10). The van der Waals surface area contributed by atoms with Gasteiger partial charge in [0.05, 0.1) is 24.4 Å². The van der Waals surface area contributed by atoms with Crippen molar-refractivity contribution in [2.75, 3.05) is 18.9 Å². The summed E-state index contributed by atoms with van der Waals surface area (Å²) in [6.07, 6.45) is 13.2. The molecule has 0 radical (unpaired) electrons. The lowest BCUT2D eigenvalue weighted by molar-refractivity contribution is 0.301. The molecule has 0 amide bonds. The lowest BCUT2D eigenvalue weighted by Crippen LogP contribution is -2.29. The Kier molecular flexibility index (Phi) is 30.7. The average molecular weight is 1170 g/mol. The molecule has 14 nitrogen and oxygen atoms in total. The Balaban J connectivity index is 0.000000332. The van der Waals surface area contributed by atoms with Crippen molar-refractivity contribution in [3.8, 4) is 0 Å². The number of nitrogens with two attached hydrogens (primary N) is 1. The van der Waals surface area contributed by atoms with Gasteiger partial charge in [0.15, 0.2) is 0 Å². The smallest absolute Gasteiger partial charge is 0.250 e. The van der Waals surface area contributed by atoms with Gasteiger partial charge in [0, 0.05) is 124 Å². The lowest BCUT2D eigenvalue weighted by Gasteiger charge is -2.24. The maximum absolute atomic E-state index is 11.4. The molecule has 0 aromatic carbocycles. The first kappa shape index (κ1) is 74.9. The highest BCUT2D eigenvalue weighted by Crippen LogP contribution is 2.31. The minimum atomic E-state index is 0.0908. The van der Waals surface area contributed by atoms with Gasteiger partial charge in [-0.05, 0) is 253 Å². The average Bonchev–Trinajstić information content (AvgIpc) is 4.56. The van der Waals surface area contributed by atoms with Crippen LogP contribution in [-0.4, -0.2) is 78.3 Å². The highest BCUT2D eigenvalue weighted by atomic mass is 16.1. The Morgan fingerprint density at radius 1 is 0.553 bits per heavy atom. The molecule has 0 spiro atoms. The van der Waals surface area contributed by atoms with E-state index in [2.05, 4.69) is 226 Å². The molecule has 478 valence electrons. The third-order valence-electron chi connectivity index (χ3n) is 17.5. The third kappa shape index (κ3) is 21.6. The number of hydrogen-bond acceptors (Lipinski definition) is 8. The summed E-state index contributed by atoms with van der Waals surface area (Å²) < 4.78 is 10.7. The number of nitrogens with one attached hydrogen (secondary N) is 2. The summed E-state index contributed by atoms with van der Waals surface area (Å²) in [6, 6.07) is 11.8. The monoisotopic (exact) mass is 1170 g/mol. The van der Waals surface area contributed by atoms with Gasteiger partial charge in [0.2, 0.25) is 0 Å². The maximum Gasteiger partial charge on any atom is 0.250 e. The van der Waals surface area contributed by atoms with E-state index in [-0.39, 0.29) is 11.6 Å². The van der Waals surface area contributed by atoms with E-state index >= 15 is 0 Å². The van der Waals surface area contributed by atoms with Crippen LogP contribution in [0.15, 0.2) is 70.4 Å². The molecular formula is C71H123N13O. The Hall–Kier alpha value is -6.18. The van der Waals surface area contributed by atoms with Crippen LogP contribution in [0.3, 0.4) is 0 Å². The van der Waals surface area contributed by atoms with E-state index in [1.54, 1.807) is 11.6 Å². The first-order chi connectivity index (χ1) is 39.5. The topological polar surface area (TPSA) is 141 Å². The minimum Gasteiger partial charge on any atom is -0.382 e. The summed E-state index contributed by atoms with van der Waals surface area (Å²) in [5, 5.41) is 14.7. The van der Waals surface area contributed by atoms with Gasteiger partial charge in [-0.2, -0.15) is 10.2 Å². The molecule has 4 N–H and O–H groups in total. The number of nitrogens with zero attached hydrogens (tertiary/aromatic N) is 10. The fraction of sp³-hybridized carbons (Fsp3) is 0.634. The number of pyridine rings is 1. The molecule has 85 heavy (non-hydrogen) atoms. The Morgan fingerprint density at radius 3 is 1.36 bits per heavy atom. The zero-order valence-electron chi connectivity index (χ0n) is 59.6. The van der Waals surface area contributed by atoms with Gasteiger partial charge in [-0.25, -0.2) is 4.98 Å². The number of aromatic amines is 1. The fourth-order valence-corrected chi connectivity index (χ4v) is 10.8. The van der Waals surface area contributed by atoms with Crippen molar-refractivity contribution in [3.05, 3.63) is 149 Å². The normalized spacial score (nSPS) is 13.9. The molecule has 6 aromatic heterocycles. The van der Waals surface area contributed by atoms with E-state index in [9.17, 15) is 4.79 Å². The van der Waals surface area contributed by atoms with E-state index in [0.29, 0.717) is 41.9 Å². The summed E-state index contributed by atoms with van der Waals surface area (Å²) in [5.74, 6) is 1.18. The van der Waals surface area contributed by atoms with E-state index in [1.165, 1.54) is 106 Å². The highest BCUT2D eigenvalue weighted by Gasteiger charge is 2.20. The van der Waals surface area contributed by atoms with E-state index in [4.69, 9.17) is 5.73 Å². The van der Waals surface area contributed by atoms with Crippen molar-refractivity contribution in [1.29, 1.82) is 0 Å². The summed E-state index contributed by atoms with van der Waals surface area (Å²) in [6.45, 7) is 66.2. The summed E-state index contributed by atoms with van der Waals surface area (Å²) >= 11 is 0. The van der Waals surface area contributed by atoms with E-state index in [0.717, 1.165) is 35.4 Å².